The Morgan fingerprint density at radius 1 is 0.848 bits per heavy atom. The van der Waals surface area contributed by atoms with Crippen LogP contribution in [-0.4, -0.2) is 9.38 Å². The highest BCUT2D eigenvalue weighted by Gasteiger charge is 2.55. The van der Waals surface area contributed by atoms with Crippen molar-refractivity contribution in [1.29, 1.82) is 0 Å². The van der Waals surface area contributed by atoms with E-state index in [4.69, 9.17) is 9.10 Å². The van der Waals surface area contributed by atoms with E-state index in [1.54, 1.807) is 0 Å². The normalized spacial score (nSPS) is 23.8. The molecule has 0 bridgehead atoms. The highest BCUT2D eigenvalue weighted by Crippen LogP contribution is 2.60. The topological polar surface area (TPSA) is 17.3 Å². The van der Waals surface area contributed by atoms with Crippen LogP contribution in [0.15, 0.2) is 60.7 Å². The lowest BCUT2D eigenvalue weighted by Gasteiger charge is -2.50. The van der Waals surface area contributed by atoms with Crippen LogP contribution in [0.5, 0.6) is 0 Å². The van der Waals surface area contributed by atoms with Crippen LogP contribution < -0.4 is 0 Å². The summed E-state index contributed by atoms with van der Waals surface area (Å²) in [4.78, 5) is 5.41. The van der Waals surface area contributed by atoms with Gasteiger partial charge in [0.2, 0.25) is 0 Å². The second-order valence-corrected chi connectivity index (χ2v) is 11.5. The minimum atomic E-state index is -2.22. The van der Waals surface area contributed by atoms with Crippen LogP contribution in [0.4, 0.5) is 0 Å². The van der Waals surface area contributed by atoms with Gasteiger partial charge in [-0.3, -0.25) is 4.40 Å². The summed E-state index contributed by atoms with van der Waals surface area (Å²) in [5.74, 6) is 0. The zero-order chi connectivity index (χ0) is 25.4. The smallest absolute Gasteiger partial charge is 0.146 e. The average Bonchev–Trinajstić information content (AvgIpc) is 3.20. The molecule has 3 heterocycles. The lowest BCUT2D eigenvalue weighted by Crippen LogP contribution is -2.49. The molecule has 5 aromatic rings. The Morgan fingerprint density at radius 3 is 2.36 bits per heavy atom. The van der Waals surface area contributed by atoms with Crippen molar-refractivity contribution in [3.05, 3.63) is 83.0 Å². The van der Waals surface area contributed by atoms with E-state index < -0.39 is 6.85 Å². The first-order valence-electron chi connectivity index (χ1n) is 13.4. The molecule has 0 fully saturated rings. The fraction of sp³-hybridized carbons (Fsp3) is 0.323. The van der Waals surface area contributed by atoms with Crippen LogP contribution in [0.3, 0.4) is 0 Å². The molecule has 33 heavy (non-hydrogen) atoms. The summed E-state index contributed by atoms with van der Waals surface area (Å²) in [6.07, 6.45) is 0.958. The number of fused-ring (bicyclic) bond motifs is 5. The summed E-state index contributed by atoms with van der Waals surface area (Å²) in [5.41, 5.74) is 7.76. The first kappa shape index (κ1) is 16.5. The monoisotopic (exact) mass is 433 g/mol. The molecule has 1 aliphatic heterocycles. The van der Waals surface area contributed by atoms with Crippen molar-refractivity contribution in [2.75, 3.05) is 0 Å². The summed E-state index contributed by atoms with van der Waals surface area (Å²) in [5, 5.41) is 2.79. The van der Waals surface area contributed by atoms with Crippen LogP contribution in [0.1, 0.15) is 67.5 Å². The van der Waals surface area contributed by atoms with Gasteiger partial charge in [-0.25, -0.2) is 4.98 Å². The van der Waals surface area contributed by atoms with E-state index in [0.29, 0.717) is 5.56 Å². The van der Waals surface area contributed by atoms with Crippen molar-refractivity contribution in [1.82, 2.24) is 9.38 Å². The molecule has 7 rings (SSSR count). The first-order valence-corrected chi connectivity index (χ1v) is 11.9. The van der Waals surface area contributed by atoms with Crippen molar-refractivity contribution in [2.24, 2.45) is 0 Å². The predicted octanol–water partition coefficient (Wildman–Crippen LogP) is 7.85. The van der Waals surface area contributed by atoms with Gasteiger partial charge in [0, 0.05) is 31.3 Å². The maximum Gasteiger partial charge on any atom is 0.146 e. The average molecular weight is 434 g/mol. The van der Waals surface area contributed by atoms with Gasteiger partial charge in [0.15, 0.2) is 0 Å². The molecule has 0 spiro atoms. The lowest BCUT2D eigenvalue weighted by atomic mass is 9.55. The van der Waals surface area contributed by atoms with Gasteiger partial charge in [-0.15, -0.1) is 0 Å². The number of rotatable bonds is 0. The van der Waals surface area contributed by atoms with Gasteiger partial charge in [0.05, 0.1) is 16.9 Å². The van der Waals surface area contributed by atoms with Crippen LogP contribution in [0.25, 0.3) is 38.6 Å². The molecule has 0 saturated carbocycles. The van der Waals surface area contributed by atoms with Crippen LogP contribution in [-0.2, 0) is 16.2 Å². The van der Waals surface area contributed by atoms with Crippen molar-refractivity contribution >= 4 is 27.3 Å². The minimum Gasteiger partial charge on any atom is -0.295 e. The van der Waals surface area contributed by atoms with E-state index >= 15 is 0 Å². The highest BCUT2D eigenvalue weighted by atomic mass is 15.1. The maximum absolute atomic E-state index is 8.40. The van der Waals surface area contributed by atoms with E-state index in [-0.39, 0.29) is 16.2 Å². The molecule has 2 nitrogen and oxygen atoms in total. The Bertz CT molecular complexity index is 1770. The molecule has 0 radical (unpaired) electrons. The van der Waals surface area contributed by atoms with Crippen molar-refractivity contribution in [3.63, 3.8) is 0 Å². The molecular formula is C31H30N2. The van der Waals surface area contributed by atoms with Gasteiger partial charge < -0.3 is 0 Å². The number of aryl methyl sites for hydroxylation is 1. The molecule has 2 heteroatoms. The van der Waals surface area contributed by atoms with Gasteiger partial charge in [-0.2, -0.15) is 0 Å². The second kappa shape index (κ2) is 5.67. The van der Waals surface area contributed by atoms with E-state index in [1.165, 1.54) is 22.4 Å². The second-order valence-electron chi connectivity index (χ2n) is 11.5. The summed E-state index contributed by atoms with van der Waals surface area (Å²) in [7, 11) is 0. The Balaban J connectivity index is 1.84. The molecule has 0 saturated heterocycles. The van der Waals surface area contributed by atoms with Crippen molar-refractivity contribution in [2.45, 2.75) is 64.1 Å². The Labute approximate surface area is 199 Å². The third-order valence-electron chi connectivity index (χ3n) is 9.00. The van der Waals surface area contributed by atoms with Gasteiger partial charge in [0.1, 0.15) is 5.65 Å². The third kappa shape index (κ3) is 2.05. The van der Waals surface area contributed by atoms with Crippen molar-refractivity contribution < 1.29 is 4.11 Å². The van der Waals surface area contributed by atoms with Gasteiger partial charge in [-0.05, 0) is 40.8 Å². The molecule has 3 aromatic carbocycles. The van der Waals surface area contributed by atoms with Crippen LogP contribution >= 0.6 is 0 Å². The van der Waals surface area contributed by atoms with E-state index in [0.717, 1.165) is 39.4 Å². The van der Waals surface area contributed by atoms with Gasteiger partial charge >= 0.3 is 0 Å². The zero-order valence-electron chi connectivity index (χ0n) is 22.9. The van der Waals surface area contributed by atoms with E-state index in [1.807, 2.05) is 18.2 Å². The third-order valence-corrected chi connectivity index (χ3v) is 9.00. The van der Waals surface area contributed by atoms with Crippen LogP contribution in [0, 0.1) is 6.85 Å². The number of nitrogens with zero attached hydrogens (tertiary/aromatic N) is 2. The fourth-order valence-electron chi connectivity index (χ4n) is 7.17. The quantitative estimate of drug-likeness (QED) is 0.227. The standard InChI is InChI=1S/C31H30N2/c1-18-15-16-23-26-24(18)19-11-7-8-12-20(19)28-32-25-21-13-9-10-14-22(21)29(2,3)17-31(6,30(23,4)5)27(25)33(26)28/h7-16H,17H2,1-6H3/i1D3. The molecule has 2 aliphatic rings. The van der Waals surface area contributed by atoms with Gasteiger partial charge in [-0.1, -0.05) is 95.3 Å². The zero-order valence-corrected chi connectivity index (χ0v) is 19.9. The number of benzene rings is 3. The SMILES string of the molecule is [2H]C([2H])([2H])c1ccc2c3c1c1ccccc1c1nc4c(n13)C(C)(CC(C)(C)c1ccccc1-4)C2(C)C. The predicted molar refractivity (Wildman–Crippen MR) is 138 cm³/mol. The number of imidazole rings is 1. The van der Waals surface area contributed by atoms with Gasteiger partial charge in [0.25, 0.3) is 0 Å². The molecule has 164 valence electrons. The molecule has 0 amide bonds. The molecule has 1 atom stereocenters. The summed E-state index contributed by atoms with van der Waals surface area (Å²) in [6.45, 7) is 9.56. The molecular weight excluding hydrogens is 400 g/mol. The number of pyridine rings is 1. The van der Waals surface area contributed by atoms with E-state index in [2.05, 4.69) is 81.5 Å². The molecule has 1 unspecified atom stereocenters. The molecule has 0 N–H and O–H groups in total. The summed E-state index contributed by atoms with van der Waals surface area (Å²) in [6, 6.07) is 20.8. The Morgan fingerprint density at radius 2 is 1.58 bits per heavy atom. The highest BCUT2D eigenvalue weighted by molar-refractivity contribution is 6.15. The van der Waals surface area contributed by atoms with Crippen LogP contribution in [0.2, 0.25) is 0 Å². The maximum atomic E-state index is 8.40. The number of aromatic nitrogens is 2. The first-order chi connectivity index (χ1) is 16.9. The summed E-state index contributed by atoms with van der Waals surface area (Å²) >= 11 is 0. The Hall–Kier alpha value is -3.13. The number of hydrogen-bond acceptors (Lipinski definition) is 1. The van der Waals surface area contributed by atoms with Crippen molar-refractivity contribution in [3.8, 4) is 11.3 Å². The fourth-order valence-corrected chi connectivity index (χ4v) is 7.17. The minimum absolute atomic E-state index is 0.0602. The largest absolute Gasteiger partial charge is 0.295 e. The molecule has 1 aliphatic carbocycles. The lowest BCUT2D eigenvalue weighted by molar-refractivity contribution is 0.204. The molecule has 2 aromatic heterocycles. The van der Waals surface area contributed by atoms with E-state index in [9.17, 15) is 0 Å². The number of hydrogen-bond donors (Lipinski definition) is 0. The summed E-state index contributed by atoms with van der Waals surface area (Å²) < 4.78 is 27.5. The Kier molecular flexibility index (Phi) is 2.83.